The predicted octanol–water partition coefficient (Wildman–Crippen LogP) is 1.46. The highest BCUT2D eigenvalue weighted by Crippen LogP contribution is 2.29. The molecule has 0 aliphatic rings. The van der Waals surface area contributed by atoms with Crippen LogP contribution >= 0.6 is 0 Å². The van der Waals surface area contributed by atoms with E-state index in [1.807, 2.05) is 31.2 Å². The van der Waals surface area contributed by atoms with Crippen molar-refractivity contribution in [2.75, 3.05) is 20.3 Å². The molecule has 0 unspecified atom stereocenters. The number of aliphatic hydroxyl groups excluding tert-OH is 2. The van der Waals surface area contributed by atoms with Gasteiger partial charge >= 0.3 is 0 Å². The number of hydrogen-bond donors (Lipinski definition) is 2. The molecule has 0 heterocycles. The quantitative estimate of drug-likeness (QED) is 0.787. The minimum absolute atomic E-state index is 0.240. The highest BCUT2D eigenvalue weighted by molar-refractivity contribution is 5.55. The Morgan fingerprint density at radius 2 is 1.94 bits per heavy atom. The average molecular weight is 238 g/mol. The van der Waals surface area contributed by atoms with E-state index in [1.165, 1.54) is 0 Å². The highest BCUT2D eigenvalue weighted by atomic mass is 16.5. The summed E-state index contributed by atoms with van der Waals surface area (Å²) >= 11 is 0. The number of benzene rings is 1. The van der Waals surface area contributed by atoms with Gasteiger partial charge in [0.15, 0.2) is 11.5 Å². The van der Waals surface area contributed by atoms with Crippen molar-refractivity contribution in [3.05, 3.63) is 29.8 Å². The molecule has 1 aromatic rings. The van der Waals surface area contributed by atoms with Crippen molar-refractivity contribution in [2.24, 2.45) is 0 Å². The molecular weight excluding hydrogens is 220 g/mol. The standard InChI is InChI=1S/C13H18O4/c1-3-4-10-5-6-12(13(7-10)16-2)17-11(8-14)9-15/h3-7,11,14-15H,8-9H2,1-2H3/b4-3+. The Labute approximate surface area is 101 Å². The van der Waals surface area contributed by atoms with Crippen LogP contribution in [0, 0.1) is 0 Å². The van der Waals surface area contributed by atoms with Crippen LogP contribution in [0.5, 0.6) is 11.5 Å². The summed E-state index contributed by atoms with van der Waals surface area (Å²) in [6.45, 7) is 1.46. The van der Waals surface area contributed by atoms with Gasteiger partial charge in [0.2, 0.25) is 0 Å². The molecular formula is C13H18O4. The van der Waals surface area contributed by atoms with E-state index in [9.17, 15) is 0 Å². The topological polar surface area (TPSA) is 58.9 Å². The summed E-state index contributed by atoms with van der Waals surface area (Å²) in [4.78, 5) is 0. The highest BCUT2D eigenvalue weighted by Gasteiger charge is 2.11. The van der Waals surface area contributed by atoms with Crippen molar-refractivity contribution in [1.29, 1.82) is 0 Å². The van der Waals surface area contributed by atoms with Gasteiger partial charge in [-0.05, 0) is 24.6 Å². The zero-order valence-corrected chi connectivity index (χ0v) is 10.1. The van der Waals surface area contributed by atoms with Crippen molar-refractivity contribution in [1.82, 2.24) is 0 Å². The minimum atomic E-state index is -0.628. The summed E-state index contributed by atoms with van der Waals surface area (Å²) in [6, 6.07) is 5.47. The molecule has 1 aromatic carbocycles. The molecule has 0 radical (unpaired) electrons. The third-order valence-corrected chi connectivity index (χ3v) is 2.25. The van der Waals surface area contributed by atoms with Crippen molar-refractivity contribution >= 4 is 6.08 Å². The van der Waals surface area contributed by atoms with Crippen molar-refractivity contribution in [2.45, 2.75) is 13.0 Å². The Balaban J connectivity index is 2.91. The van der Waals surface area contributed by atoms with Crippen LogP contribution < -0.4 is 9.47 Å². The first-order valence-corrected chi connectivity index (χ1v) is 5.44. The molecule has 4 nitrogen and oxygen atoms in total. The van der Waals surface area contributed by atoms with E-state index in [0.717, 1.165) is 5.56 Å². The molecule has 0 amide bonds. The lowest BCUT2D eigenvalue weighted by molar-refractivity contribution is 0.0610. The fourth-order valence-electron chi connectivity index (χ4n) is 1.39. The van der Waals surface area contributed by atoms with Crippen molar-refractivity contribution in [3.63, 3.8) is 0 Å². The Hall–Kier alpha value is -1.52. The number of hydrogen-bond acceptors (Lipinski definition) is 4. The van der Waals surface area contributed by atoms with Crippen LogP contribution in [0.15, 0.2) is 24.3 Å². The Kier molecular flexibility index (Phi) is 5.52. The molecule has 0 saturated carbocycles. The number of methoxy groups -OCH3 is 1. The van der Waals surface area contributed by atoms with Crippen LogP contribution in [0.3, 0.4) is 0 Å². The monoisotopic (exact) mass is 238 g/mol. The SMILES string of the molecule is C/C=C/c1ccc(OC(CO)CO)c(OC)c1. The summed E-state index contributed by atoms with van der Waals surface area (Å²) in [5.74, 6) is 1.08. The Bertz CT molecular complexity index is 370. The van der Waals surface area contributed by atoms with Crippen LogP contribution in [0.25, 0.3) is 6.08 Å². The Morgan fingerprint density at radius 1 is 1.24 bits per heavy atom. The summed E-state index contributed by atoms with van der Waals surface area (Å²) in [5, 5.41) is 17.9. The maximum absolute atomic E-state index is 8.95. The molecule has 0 aliphatic heterocycles. The maximum atomic E-state index is 8.95. The minimum Gasteiger partial charge on any atom is -0.493 e. The molecule has 0 spiro atoms. The molecule has 0 atom stereocenters. The smallest absolute Gasteiger partial charge is 0.161 e. The number of allylic oxidation sites excluding steroid dienone is 1. The number of rotatable bonds is 6. The molecule has 0 fully saturated rings. The van der Waals surface area contributed by atoms with Crippen molar-refractivity contribution in [3.8, 4) is 11.5 Å². The van der Waals surface area contributed by atoms with Gasteiger partial charge in [-0.25, -0.2) is 0 Å². The van der Waals surface area contributed by atoms with E-state index in [1.54, 1.807) is 13.2 Å². The van der Waals surface area contributed by atoms with Gasteiger partial charge in [-0.1, -0.05) is 18.2 Å². The van der Waals surface area contributed by atoms with Gasteiger partial charge < -0.3 is 19.7 Å². The molecule has 0 aliphatic carbocycles. The van der Waals surface area contributed by atoms with Gasteiger partial charge in [0, 0.05) is 0 Å². The molecule has 0 saturated heterocycles. The molecule has 1 rings (SSSR count). The lowest BCUT2D eigenvalue weighted by Gasteiger charge is -2.16. The van der Waals surface area contributed by atoms with Crippen LogP contribution in [0.4, 0.5) is 0 Å². The molecule has 17 heavy (non-hydrogen) atoms. The zero-order valence-electron chi connectivity index (χ0n) is 10.1. The molecule has 0 bridgehead atoms. The van der Waals surface area contributed by atoms with Gasteiger partial charge in [0.05, 0.1) is 20.3 Å². The van der Waals surface area contributed by atoms with Crippen molar-refractivity contribution < 1.29 is 19.7 Å². The third kappa shape index (κ3) is 3.76. The second-order valence-corrected chi connectivity index (χ2v) is 3.52. The first-order valence-electron chi connectivity index (χ1n) is 5.44. The fourth-order valence-corrected chi connectivity index (χ4v) is 1.39. The molecule has 0 aromatic heterocycles. The predicted molar refractivity (Wildman–Crippen MR) is 66.3 cm³/mol. The van der Waals surface area contributed by atoms with Crippen LogP contribution in [-0.2, 0) is 0 Å². The second-order valence-electron chi connectivity index (χ2n) is 3.52. The largest absolute Gasteiger partial charge is 0.493 e. The van der Waals surface area contributed by atoms with Crippen LogP contribution in [0.1, 0.15) is 12.5 Å². The lowest BCUT2D eigenvalue weighted by Crippen LogP contribution is -2.25. The van der Waals surface area contributed by atoms with E-state index in [-0.39, 0.29) is 13.2 Å². The normalized spacial score (nSPS) is 11.1. The first kappa shape index (κ1) is 13.5. The second kappa shape index (κ2) is 6.93. The lowest BCUT2D eigenvalue weighted by atomic mass is 10.2. The van der Waals surface area contributed by atoms with E-state index in [2.05, 4.69) is 0 Å². The van der Waals surface area contributed by atoms with E-state index in [0.29, 0.717) is 11.5 Å². The summed E-state index contributed by atoms with van der Waals surface area (Å²) in [7, 11) is 1.55. The van der Waals surface area contributed by atoms with E-state index < -0.39 is 6.10 Å². The van der Waals surface area contributed by atoms with Gasteiger partial charge in [-0.3, -0.25) is 0 Å². The van der Waals surface area contributed by atoms with Crippen LogP contribution in [-0.4, -0.2) is 36.6 Å². The molecule has 2 N–H and O–H groups in total. The molecule has 94 valence electrons. The van der Waals surface area contributed by atoms with Gasteiger partial charge in [-0.2, -0.15) is 0 Å². The van der Waals surface area contributed by atoms with E-state index >= 15 is 0 Å². The summed E-state index contributed by atoms with van der Waals surface area (Å²) in [6.07, 6.45) is 3.25. The Morgan fingerprint density at radius 3 is 2.47 bits per heavy atom. The van der Waals surface area contributed by atoms with E-state index in [4.69, 9.17) is 19.7 Å². The maximum Gasteiger partial charge on any atom is 0.161 e. The van der Waals surface area contributed by atoms with Gasteiger partial charge in [0.25, 0.3) is 0 Å². The van der Waals surface area contributed by atoms with Gasteiger partial charge in [0.1, 0.15) is 6.10 Å². The summed E-state index contributed by atoms with van der Waals surface area (Å²) in [5.41, 5.74) is 1.00. The third-order valence-electron chi connectivity index (χ3n) is 2.25. The average Bonchev–Trinajstić information content (AvgIpc) is 2.37. The van der Waals surface area contributed by atoms with Gasteiger partial charge in [-0.15, -0.1) is 0 Å². The fraction of sp³-hybridized carbons (Fsp3) is 0.385. The number of ether oxygens (including phenoxy) is 2. The zero-order chi connectivity index (χ0) is 12.7. The first-order chi connectivity index (χ1) is 8.24. The number of aliphatic hydroxyl groups is 2. The molecule has 4 heteroatoms. The van der Waals surface area contributed by atoms with Crippen LogP contribution in [0.2, 0.25) is 0 Å². The summed E-state index contributed by atoms with van der Waals surface area (Å²) < 4.78 is 10.6.